The third-order valence-electron chi connectivity index (χ3n) is 3.94. The summed E-state index contributed by atoms with van der Waals surface area (Å²) in [6, 6.07) is 2.58. The van der Waals surface area contributed by atoms with E-state index >= 15 is 0 Å². The van der Waals surface area contributed by atoms with Gasteiger partial charge in [0.25, 0.3) is 11.9 Å². The topological polar surface area (TPSA) is 121 Å². The fourth-order valence-corrected chi connectivity index (χ4v) is 2.55. The first-order chi connectivity index (χ1) is 13.9. The van der Waals surface area contributed by atoms with Crippen molar-refractivity contribution in [2.75, 3.05) is 18.5 Å². The van der Waals surface area contributed by atoms with E-state index in [2.05, 4.69) is 32.6 Å². The van der Waals surface area contributed by atoms with E-state index in [1.165, 1.54) is 4.52 Å². The van der Waals surface area contributed by atoms with Gasteiger partial charge in [0.15, 0.2) is 5.65 Å². The number of carbonyl (C=O) groups is 2. The van der Waals surface area contributed by atoms with Crippen LogP contribution in [0.2, 0.25) is 0 Å². The van der Waals surface area contributed by atoms with E-state index in [0.717, 1.165) is 11.1 Å². The molecule has 29 heavy (non-hydrogen) atoms. The molecule has 0 fully saturated rings. The zero-order chi connectivity index (χ0) is 21.4. The van der Waals surface area contributed by atoms with Crippen LogP contribution in [0.1, 0.15) is 36.8 Å². The van der Waals surface area contributed by atoms with Crippen LogP contribution in [0.4, 0.5) is 10.7 Å². The molecule has 1 atom stereocenters. The molecule has 0 aliphatic carbocycles. The maximum Gasteiger partial charge on any atom is 0.321 e. The summed E-state index contributed by atoms with van der Waals surface area (Å²) in [4.78, 5) is 28.9. The van der Waals surface area contributed by atoms with E-state index in [9.17, 15) is 14.7 Å². The van der Waals surface area contributed by atoms with Gasteiger partial charge in [0.2, 0.25) is 0 Å². The van der Waals surface area contributed by atoms with E-state index in [4.69, 9.17) is 0 Å². The monoisotopic (exact) mass is 398 g/mol. The average molecular weight is 398 g/mol. The summed E-state index contributed by atoms with van der Waals surface area (Å²) >= 11 is 0. The molecule has 0 spiro atoms. The summed E-state index contributed by atoms with van der Waals surface area (Å²) in [5.41, 5.74) is 2.22. The number of aliphatic hydroxyl groups excluding tert-OH is 1. The van der Waals surface area contributed by atoms with Crippen LogP contribution >= 0.6 is 0 Å². The van der Waals surface area contributed by atoms with Crippen LogP contribution in [0.15, 0.2) is 43.0 Å². The summed E-state index contributed by atoms with van der Waals surface area (Å²) < 4.78 is 1.36. The number of hydrogen-bond acceptors (Lipinski definition) is 5. The number of rotatable bonds is 8. The standard InChI is InChI=1S/C20H26N6O3/c1-5-8-9-14(6-2)15-10-16(18(28)22-13(4)12-27)26-17(11-15)23-19(25-26)24-20(29)21-7-3/h5-6,8-11,13,27H,1,7,12H2,2-4H3,(H,22,28)(H2,21,24,25,29)/b9-8-,14-6+. The number of nitrogens with zero attached hydrogens (tertiary/aromatic N) is 3. The molecule has 0 bridgehead atoms. The Labute approximate surface area is 169 Å². The van der Waals surface area contributed by atoms with Crippen molar-refractivity contribution < 1.29 is 14.7 Å². The first-order valence-corrected chi connectivity index (χ1v) is 9.26. The number of amides is 3. The zero-order valence-electron chi connectivity index (χ0n) is 16.8. The maximum atomic E-state index is 12.8. The number of allylic oxidation sites excluding steroid dienone is 5. The second kappa shape index (κ2) is 10.2. The van der Waals surface area contributed by atoms with Crippen LogP contribution in [0.3, 0.4) is 0 Å². The number of carbonyl (C=O) groups excluding carboxylic acids is 2. The molecule has 0 aliphatic heterocycles. The number of hydrogen-bond donors (Lipinski definition) is 4. The fraction of sp³-hybridized carbons (Fsp3) is 0.300. The molecule has 0 aromatic carbocycles. The van der Waals surface area contributed by atoms with Gasteiger partial charge in [-0.15, -0.1) is 5.10 Å². The van der Waals surface area contributed by atoms with Crippen molar-refractivity contribution in [2.24, 2.45) is 0 Å². The molecule has 0 saturated heterocycles. The van der Waals surface area contributed by atoms with Crippen molar-refractivity contribution >= 4 is 29.1 Å². The van der Waals surface area contributed by atoms with Gasteiger partial charge in [0, 0.05) is 12.6 Å². The number of anilines is 1. The number of aromatic nitrogens is 3. The highest BCUT2D eigenvalue weighted by Crippen LogP contribution is 2.21. The van der Waals surface area contributed by atoms with Crippen molar-refractivity contribution in [3.8, 4) is 0 Å². The highest BCUT2D eigenvalue weighted by atomic mass is 16.3. The number of fused-ring (bicyclic) bond motifs is 1. The Kier molecular flexibility index (Phi) is 7.67. The minimum Gasteiger partial charge on any atom is -0.394 e. The molecule has 0 aliphatic rings. The van der Waals surface area contributed by atoms with Crippen molar-refractivity contribution in [1.29, 1.82) is 0 Å². The summed E-state index contributed by atoms with van der Waals surface area (Å²) in [5, 5.41) is 21.3. The lowest BCUT2D eigenvalue weighted by Gasteiger charge is -2.13. The second-order valence-corrected chi connectivity index (χ2v) is 6.22. The molecule has 2 aromatic rings. The predicted molar refractivity (Wildman–Crippen MR) is 113 cm³/mol. The van der Waals surface area contributed by atoms with Crippen LogP contribution in [-0.2, 0) is 0 Å². The lowest BCUT2D eigenvalue weighted by Crippen LogP contribution is -2.36. The van der Waals surface area contributed by atoms with Gasteiger partial charge in [-0.3, -0.25) is 10.1 Å². The first kappa shape index (κ1) is 21.8. The minimum absolute atomic E-state index is 0.0704. The average Bonchev–Trinajstić information content (AvgIpc) is 3.09. The van der Waals surface area contributed by atoms with Crippen molar-refractivity contribution in [2.45, 2.75) is 26.8 Å². The third kappa shape index (κ3) is 5.52. The molecular formula is C20H26N6O3. The molecule has 0 radical (unpaired) electrons. The second-order valence-electron chi connectivity index (χ2n) is 6.22. The van der Waals surface area contributed by atoms with E-state index < -0.39 is 18.0 Å². The van der Waals surface area contributed by atoms with Gasteiger partial charge in [-0.1, -0.05) is 30.9 Å². The van der Waals surface area contributed by atoms with E-state index in [1.54, 1.807) is 38.1 Å². The van der Waals surface area contributed by atoms with Crippen LogP contribution in [0, 0.1) is 0 Å². The number of aliphatic hydroxyl groups is 1. The SMILES string of the molecule is C=C/C=C\C(=C/C)c1cc(C(=O)NC(C)CO)n2nc(NC(=O)NCC)nc2c1. The Bertz CT molecular complexity index is 961. The summed E-state index contributed by atoms with van der Waals surface area (Å²) in [5.74, 6) is -0.350. The number of urea groups is 1. The van der Waals surface area contributed by atoms with E-state index in [0.29, 0.717) is 12.2 Å². The molecule has 1 unspecified atom stereocenters. The van der Waals surface area contributed by atoms with Crippen molar-refractivity contribution in [1.82, 2.24) is 25.2 Å². The Balaban J connectivity index is 2.57. The first-order valence-electron chi connectivity index (χ1n) is 9.26. The zero-order valence-corrected chi connectivity index (χ0v) is 16.8. The lowest BCUT2D eigenvalue weighted by atomic mass is 10.0. The van der Waals surface area contributed by atoms with Gasteiger partial charge >= 0.3 is 6.03 Å². The van der Waals surface area contributed by atoms with E-state index in [-0.39, 0.29) is 18.2 Å². The Morgan fingerprint density at radius 3 is 2.76 bits per heavy atom. The van der Waals surface area contributed by atoms with Gasteiger partial charge in [-0.25, -0.2) is 9.31 Å². The molecule has 2 rings (SSSR count). The summed E-state index contributed by atoms with van der Waals surface area (Å²) in [6.07, 6.45) is 7.21. The molecule has 9 heteroatoms. The number of nitrogens with one attached hydrogen (secondary N) is 3. The van der Waals surface area contributed by atoms with Crippen LogP contribution in [-0.4, -0.2) is 50.8 Å². The molecule has 3 amide bonds. The van der Waals surface area contributed by atoms with Crippen LogP contribution in [0.25, 0.3) is 11.2 Å². The van der Waals surface area contributed by atoms with Crippen LogP contribution < -0.4 is 16.0 Å². The van der Waals surface area contributed by atoms with Crippen LogP contribution in [0.5, 0.6) is 0 Å². The Morgan fingerprint density at radius 1 is 1.38 bits per heavy atom. The molecule has 154 valence electrons. The molecule has 0 saturated carbocycles. The Hall–Kier alpha value is -3.46. The Morgan fingerprint density at radius 2 is 2.14 bits per heavy atom. The molecule has 2 aromatic heterocycles. The highest BCUT2D eigenvalue weighted by Gasteiger charge is 2.18. The fourth-order valence-electron chi connectivity index (χ4n) is 2.55. The molecule has 2 heterocycles. The van der Waals surface area contributed by atoms with Crippen molar-refractivity contribution in [3.63, 3.8) is 0 Å². The third-order valence-corrected chi connectivity index (χ3v) is 3.94. The molecule has 9 nitrogen and oxygen atoms in total. The number of pyridine rings is 1. The normalized spacial score (nSPS) is 12.8. The molecular weight excluding hydrogens is 372 g/mol. The minimum atomic E-state index is -0.438. The van der Waals surface area contributed by atoms with Gasteiger partial charge in [-0.2, -0.15) is 4.98 Å². The smallest absolute Gasteiger partial charge is 0.321 e. The largest absolute Gasteiger partial charge is 0.394 e. The maximum absolute atomic E-state index is 12.8. The lowest BCUT2D eigenvalue weighted by molar-refractivity contribution is 0.0914. The van der Waals surface area contributed by atoms with Gasteiger partial charge in [0.05, 0.1) is 6.61 Å². The summed E-state index contributed by atoms with van der Waals surface area (Å²) in [7, 11) is 0. The van der Waals surface area contributed by atoms with E-state index in [1.807, 2.05) is 19.1 Å². The quantitative estimate of drug-likeness (QED) is 0.508. The van der Waals surface area contributed by atoms with Gasteiger partial charge in [-0.05, 0) is 44.0 Å². The van der Waals surface area contributed by atoms with Gasteiger partial charge in [0.1, 0.15) is 5.69 Å². The highest BCUT2D eigenvalue weighted by molar-refractivity contribution is 5.95. The molecule has 4 N–H and O–H groups in total. The summed E-state index contributed by atoms with van der Waals surface area (Å²) in [6.45, 7) is 9.29. The van der Waals surface area contributed by atoms with Gasteiger partial charge < -0.3 is 15.7 Å². The predicted octanol–water partition coefficient (Wildman–Crippen LogP) is 2.13. The van der Waals surface area contributed by atoms with Crippen molar-refractivity contribution in [3.05, 3.63) is 54.3 Å².